The first-order valence-electron chi connectivity index (χ1n) is 9.14. The van der Waals surface area contributed by atoms with Gasteiger partial charge >= 0.3 is 0 Å². The molecule has 0 saturated heterocycles. The van der Waals surface area contributed by atoms with E-state index in [9.17, 15) is 4.79 Å². The SMILES string of the molecule is CCCC(C)NC(=O)c1ccccc1-c1ccc(Cn2cccn2)cc1. The van der Waals surface area contributed by atoms with E-state index < -0.39 is 0 Å². The average Bonchev–Trinajstić information content (AvgIpc) is 3.15. The Balaban J connectivity index is 1.79. The maximum atomic E-state index is 12.7. The monoisotopic (exact) mass is 347 g/mol. The van der Waals surface area contributed by atoms with Crippen LogP contribution in [0.2, 0.25) is 0 Å². The Hall–Kier alpha value is -2.88. The Labute approximate surface area is 154 Å². The first-order valence-corrected chi connectivity index (χ1v) is 9.14. The quantitative estimate of drug-likeness (QED) is 0.683. The molecule has 2 aromatic carbocycles. The van der Waals surface area contributed by atoms with Crippen LogP contribution < -0.4 is 5.32 Å². The van der Waals surface area contributed by atoms with Crippen LogP contribution in [0.1, 0.15) is 42.6 Å². The van der Waals surface area contributed by atoms with Gasteiger partial charge in [0.15, 0.2) is 0 Å². The summed E-state index contributed by atoms with van der Waals surface area (Å²) in [5.74, 6) is -0.0119. The van der Waals surface area contributed by atoms with Crippen molar-refractivity contribution in [2.24, 2.45) is 0 Å². The lowest BCUT2D eigenvalue weighted by atomic mass is 9.98. The van der Waals surface area contributed by atoms with Crippen LogP contribution in [0.5, 0.6) is 0 Å². The minimum absolute atomic E-state index is 0.0119. The van der Waals surface area contributed by atoms with Crippen LogP contribution in [0.25, 0.3) is 11.1 Å². The van der Waals surface area contributed by atoms with Gasteiger partial charge in [0.2, 0.25) is 0 Å². The molecule has 0 aliphatic carbocycles. The first kappa shape index (κ1) is 17.9. The molecular formula is C22H25N3O. The fourth-order valence-electron chi connectivity index (χ4n) is 3.11. The smallest absolute Gasteiger partial charge is 0.252 e. The van der Waals surface area contributed by atoms with E-state index >= 15 is 0 Å². The zero-order valence-corrected chi connectivity index (χ0v) is 15.4. The van der Waals surface area contributed by atoms with Crippen LogP contribution >= 0.6 is 0 Å². The van der Waals surface area contributed by atoms with Gasteiger partial charge in [-0.05, 0) is 42.2 Å². The molecule has 4 nitrogen and oxygen atoms in total. The van der Waals surface area contributed by atoms with E-state index in [1.807, 2.05) is 48.1 Å². The Morgan fingerprint density at radius 3 is 2.58 bits per heavy atom. The van der Waals surface area contributed by atoms with E-state index in [1.165, 1.54) is 5.56 Å². The molecule has 0 fully saturated rings. The topological polar surface area (TPSA) is 46.9 Å². The molecule has 1 amide bonds. The Morgan fingerprint density at radius 1 is 1.12 bits per heavy atom. The third-order valence-corrected chi connectivity index (χ3v) is 4.44. The summed E-state index contributed by atoms with van der Waals surface area (Å²) in [7, 11) is 0. The molecule has 3 aromatic rings. The van der Waals surface area contributed by atoms with E-state index in [2.05, 4.69) is 41.6 Å². The van der Waals surface area contributed by atoms with Crippen molar-refractivity contribution in [2.45, 2.75) is 39.3 Å². The highest BCUT2D eigenvalue weighted by Gasteiger charge is 2.14. The fraction of sp³-hybridized carbons (Fsp3) is 0.273. The molecule has 0 radical (unpaired) electrons. The number of rotatable bonds is 7. The number of nitrogens with one attached hydrogen (secondary N) is 1. The van der Waals surface area contributed by atoms with Gasteiger partial charge in [-0.25, -0.2) is 0 Å². The summed E-state index contributed by atoms with van der Waals surface area (Å²) in [5, 5.41) is 7.33. The maximum absolute atomic E-state index is 12.7. The Bertz CT molecular complexity index is 838. The molecule has 0 spiro atoms. The highest BCUT2D eigenvalue weighted by atomic mass is 16.1. The number of carbonyl (C=O) groups excluding carboxylic acids is 1. The van der Waals surface area contributed by atoms with Gasteiger partial charge < -0.3 is 5.32 Å². The van der Waals surface area contributed by atoms with Crippen molar-refractivity contribution < 1.29 is 4.79 Å². The molecule has 1 heterocycles. The second-order valence-corrected chi connectivity index (χ2v) is 6.61. The third kappa shape index (κ3) is 4.39. The summed E-state index contributed by atoms with van der Waals surface area (Å²) in [6.45, 7) is 4.92. The van der Waals surface area contributed by atoms with Gasteiger partial charge in [0, 0.05) is 24.0 Å². The summed E-state index contributed by atoms with van der Waals surface area (Å²) in [5.41, 5.74) is 3.90. The van der Waals surface area contributed by atoms with Crippen LogP contribution in [-0.2, 0) is 6.54 Å². The maximum Gasteiger partial charge on any atom is 0.252 e. The summed E-state index contributed by atoms with van der Waals surface area (Å²) in [4.78, 5) is 12.7. The van der Waals surface area contributed by atoms with Crippen LogP contribution in [0, 0.1) is 0 Å². The Morgan fingerprint density at radius 2 is 1.88 bits per heavy atom. The van der Waals surface area contributed by atoms with Gasteiger partial charge in [0.25, 0.3) is 5.91 Å². The van der Waals surface area contributed by atoms with E-state index in [4.69, 9.17) is 0 Å². The van der Waals surface area contributed by atoms with Crippen molar-refractivity contribution in [1.82, 2.24) is 15.1 Å². The number of aromatic nitrogens is 2. The Kier molecular flexibility index (Phi) is 5.84. The highest BCUT2D eigenvalue weighted by molar-refractivity contribution is 6.01. The molecule has 1 aromatic heterocycles. The number of hydrogen-bond donors (Lipinski definition) is 1. The summed E-state index contributed by atoms with van der Waals surface area (Å²) >= 11 is 0. The third-order valence-electron chi connectivity index (χ3n) is 4.44. The van der Waals surface area contributed by atoms with Gasteiger partial charge in [-0.2, -0.15) is 5.10 Å². The van der Waals surface area contributed by atoms with Crippen LogP contribution in [0.4, 0.5) is 0 Å². The predicted molar refractivity (Wildman–Crippen MR) is 105 cm³/mol. The molecule has 0 aliphatic rings. The predicted octanol–water partition coefficient (Wildman–Crippen LogP) is 4.52. The van der Waals surface area contributed by atoms with Crippen molar-refractivity contribution in [1.29, 1.82) is 0 Å². The normalized spacial score (nSPS) is 11.9. The summed E-state index contributed by atoms with van der Waals surface area (Å²) in [6, 6.07) is 18.2. The lowest BCUT2D eigenvalue weighted by Crippen LogP contribution is -2.32. The molecule has 4 heteroatoms. The van der Waals surface area contributed by atoms with Crippen LogP contribution in [0.3, 0.4) is 0 Å². The van der Waals surface area contributed by atoms with Gasteiger partial charge in [-0.15, -0.1) is 0 Å². The standard InChI is InChI=1S/C22H25N3O/c1-3-7-17(2)24-22(26)21-9-5-4-8-20(21)19-12-10-18(11-13-19)16-25-15-6-14-23-25/h4-6,8-15,17H,3,7,16H2,1-2H3,(H,24,26). The van der Waals surface area contributed by atoms with Gasteiger partial charge in [0.1, 0.15) is 0 Å². The molecule has 0 bridgehead atoms. The second kappa shape index (κ2) is 8.48. The second-order valence-electron chi connectivity index (χ2n) is 6.61. The van der Waals surface area contributed by atoms with Crippen LogP contribution in [-0.4, -0.2) is 21.7 Å². The lowest BCUT2D eigenvalue weighted by Gasteiger charge is -2.15. The van der Waals surface area contributed by atoms with E-state index in [1.54, 1.807) is 6.20 Å². The van der Waals surface area contributed by atoms with Crippen molar-refractivity contribution in [2.75, 3.05) is 0 Å². The first-order chi connectivity index (χ1) is 12.7. The molecule has 1 unspecified atom stereocenters. The van der Waals surface area contributed by atoms with E-state index in [-0.39, 0.29) is 11.9 Å². The zero-order valence-electron chi connectivity index (χ0n) is 15.4. The van der Waals surface area contributed by atoms with Crippen molar-refractivity contribution in [3.05, 3.63) is 78.1 Å². The van der Waals surface area contributed by atoms with Crippen molar-refractivity contribution in [3.63, 3.8) is 0 Å². The zero-order chi connectivity index (χ0) is 18.4. The number of carbonyl (C=O) groups is 1. The molecule has 26 heavy (non-hydrogen) atoms. The average molecular weight is 347 g/mol. The molecule has 0 aliphatic heterocycles. The molecule has 1 N–H and O–H groups in total. The van der Waals surface area contributed by atoms with E-state index in [0.717, 1.165) is 36.1 Å². The number of nitrogens with zero attached hydrogens (tertiary/aromatic N) is 2. The number of hydrogen-bond acceptors (Lipinski definition) is 2. The molecule has 1 atom stereocenters. The molecule has 0 saturated carbocycles. The fourth-order valence-corrected chi connectivity index (χ4v) is 3.11. The van der Waals surface area contributed by atoms with Gasteiger partial charge in [-0.1, -0.05) is 55.8 Å². The largest absolute Gasteiger partial charge is 0.350 e. The minimum Gasteiger partial charge on any atom is -0.350 e. The molecule has 134 valence electrons. The highest BCUT2D eigenvalue weighted by Crippen LogP contribution is 2.24. The lowest BCUT2D eigenvalue weighted by molar-refractivity contribution is 0.0939. The molecular weight excluding hydrogens is 322 g/mol. The van der Waals surface area contributed by atoms with Crippen molar-refractivity contribution >= 4 is 5.91 Å². The summed E-state index contributed by atoms with van der Waals surface area (Å²) < 4.78 is 1.89. The minimum atomic E-state index is -0.0119. The number of amides is 1. The molecule has 3 rings (SSSR count). The summed E-state index contributed by atoms with van der Waals surface area (Å²) in [6.07, 6.45) is 5.77. The van der Waals surface area contributed by atoms with Crippen molar-refractivity contribution in [3.8, 4) is 11.1 Å². The van der Waals surface area contributed by atoms with Gasteiger partial charge in [-0.3, -0.25) is 9.48 Å². The number of benzene rings is 2. The van der Waals surface area contributed by atoms with Gasteiger partial charge in [0.05, 0.1) is 6.54 Å². The van der Waals surface area contributed by atoms with E-state index in [0.29, 0.717) is 0 Å². The van der Waals surface area contributed by atoms with Crippen LogP contribution in [0.15, 0.2) is 67.0 Å².